The lowest BCUT2D eigenvalue weighted by molar-refractivity contribution is -0.0704. The van der Waals surface area contributed by atoms with Crippen molar-refractivity contribution in [1.29, 1.82) is 0 Å². The van der Waals surface area contributed by atoms with Gasteiger partial charge in [0.15, 0.2) is 0 Å². The van der Waals surface area contributed by atoms with Crippen molar-refractivity contribution in [2.24, 2.45) is 0 Å². The summed E-state index contributed by atoms with van der Waals surface area (Å²) in [5.74, 6) is -0.103. The lowest BCUT2D eigenvalue weighted by Gasteiger charge is -2.35. The molecule has 0 aliphatic carbocycles. The first-order valence-corrected chi connectivity index (χ1v) is 8.74. The van der Waals surface area contributed by atoms with Crippen molar-refractivity contribution in [3.8, 4) is 0 Å². The number of nitrogens with zero attached hydrogens (tertiary/aromatic N) is 2. The van der Waals surface area contributed by atoms with E-state index in [-0.39, 0.29) is 18.1 Å². The van der Waals surface area contributed by atoms with Crippen molar-refractivity contribution in [2.45, 2.75) is 39.1 Å². The van der Waals surface area contributed by atoms with Crippen LogP contribution in [0.2, 0.25) is 0 Å². The topological polar surface area (TPSA) is 54.5 Å². The van der Waals surface area contributed by atoms with Crippen LogP contribution >= 0.6 is 0 Å². The van der Waals surface area contributed by atoms with Gasteiger partial charge >= 0.3 is 0 Å². The Morgan fingerprint density at radius 1 is 1.16 bits per heavy atom. The molecule has 0 bridgehead atoms. The number of ether oxygens (including phenoxy) is 1. The van der Waals surface area contributed by atoms with Crippen LogP contribution in [0.1, 0.15) is 35.3 Å². The van der Waals surface area contributed by atoms with E-state index in [0.29, 0.717) is 12.1 Å². The predicted molar refractivity (Wildman–Crippen MR) is 97.1 cm³/mol. The number of nitrogens with one attached hydrogen (secondary N) is 1. The van der Waals surface area contributed by atoms with Crippen LogP contribution in [0.4, 0.5) is 0 Å². The maximum atomic E-state index is 12.0. The van der Waals surface area contributed by atoms with E-state index in [4.69, 9.17) is 4.74 Å². The molecule has 1 N–H and O–H groups in total. The Labute approximate surface area is 149 Å². The first-order chi connectivity index (χ1) is 12.1. The highest BCUT2D eigenvalue weighted by Gasteiger charge is 2.21. The zero-order valence-electron chi connectivity index (χ0n) is 14.8. The summed E-state index contributed by atoms with van der Waals surface area (Å²) in [5, 5.41) is 2.92. The third kappa shape index (κ3) is 5.11. The maximum absolute atomic E-state index is 12.0. The first kappa shape index (κ1) is 17.6. The number of hydrogen-bond acceptors (Lipinski definition) is 4. The van der Waals surface area contributed by atoms with Crippen molar-refractivity contribution in [3.63, 3.8) is 0 Å². The van der Waals surface area contributed by atoms with Crippen LogP contribution in [0.3, 0.4) is 0 Å². The molecule has 2 atom stereocenters. The SMILES string of the molecule is CC1CN(Cc2ccc(CNC(=O)c3cccnc3)cc2)CC(C)O1. The summed E-state index contributed by atoms with van der Waals surface area (Å²) in [6.07, 6.45) is 3.80. The van der Waals surface area contributed by atoms with Crippen LogP contribution in [-0.4, -0.2) is 41.1 Å². The van der Waals surface area contributed by atoms with Crippen LogP contribution in [-0.2, 0) is 17.8 Å². The molecule has 1 aromatic carbocycles. The zero-order chi connectivity index (χ0) is 17.6. The maximum Gasteiger partial charge on any atom is 0.253 e. The number of carbonyl (C=O) groups excluding carboxylic acids is 1. The molecule has 1 aromatic heterocycles. The molecule has 2 unspecified atom stereocenters. The Kier molecular flexibility index (Phi) is 5.79. The fourth-order valence-corrected chi connectivity index (χ4v) is 3.22. The average molecular weight is 339 g/mol. The van der Waals surface area contributed by atoms with Gasteiger partial charge in [0.2, 0.25) is 0 Å². The average Bonchev–Trinajstić information content (AvgIpc) is 2.61. The van der Waals surface area contributed by atoms with E-state index in [1.165, 1.54) is 5.56 Å². The van der Waals surface area contributed by atoms with Gasteiger partial charge in [0.1, 0.15) is 0 Å². The molecular formula is C20H25N3O2. The number of pyridine rings is 1. The van der Waals surface area contributed by atoms with Crippen molar-refractivity contribution in [2.75, 3.05) is 13.1 Å². The van der Waals surface area contributed by atoms with Crippen molar-refractivity contribution in [3.05, 3.63) is 65.5 Å². The molecule has 0 spiro atoms. The number of morpholine rings is 1. The van der Waals surface area contributed by atoms with E-state index in [0.717, 1.165) is 25.2 Å². The highest BCUT2D eigenvalue weighted by atomic mass is 16.5. The molecular weight excluding hydrogens is 314 g/mol. The highest BCUT2D eigenvalue weighted by Crippen LogP contribution is 2.14. The molecule has 5 heteroatoms. The summed E-state index contributed by atoms with van der Waals surface area (Å²) in [6.45, 7) is 7.62. The zero-order valence-corrected chi connectivity index (χ0v) is 14.8. The van der Waals surface area contributed by atoms with Gasteiger partial charge in [-0.1, -0.05) is 24.3 Å². The molecule has 1 fully saturated rings. The summed E-state index contributed by atoms with van der Waals surface area (Å²) in [6, 6.07) is 11.9. The minimum absolute atomic E-state index is 0.103. The molecule has 25 heavy (non-hydrogen) atoms. The van der Waals surface area contributed by atoms with Crippen molar-refractivity contribution in [1.82, 2.24) is 15.2 Å². The molecule has 5 nitrogen and oxygen atoms in total. The fourth-order valence-electron chi connectivity index (χ4n) is 3.22. The monoisotopic (exact) mass is 339 g/mol. The number of rotatable bonds is 5. The molecule has 1 saturated heterocycles. The third-order valence-corrected chi connectivity index (χ3v) is 4.30. The second-order valence-corrected chi connectivity index (χ2v) is 6.69. The molecule has 3 rings (SSSR count). The van der Waals surface area contributed by atoms with Gasteiger partial charge in [-0.05, 0) is 37.1 Å². The van der Waals surface area contributed by atoms with Crippen molar-refractivity contribution >= 4 is 5.91 Å². The van der Waals surface area contributed by atoms with Crippen molar-refractivity contribution < 1.29 is 9.53 Å². The van der Waals surface area contributed by atoms with Crippen LogP contribution in [0, 0.1) is 0 Å². The summed E-state index contributed by atoms with van der Waals surface area (Å²) < 4.78 is 5.78. The molecule has 1 aliphatic rings. The molecule has 132 valence electrons. The van der Waals surface area contributed by atoms with E-state index in [9.17, 15) is 4.79 Å². The van der Waals surface area contributed by atoms with E-state index in [2.05, 4.69) is 53.3 Å². The third-order valence-electron chi connectivity index (χ3n) is 4.30. The first-order valence-electron chi connectivity index (χ1n) is 8.74. The van der Waals surface area contributed by atoms with E-state index >= 15 is 0 Å². The predicted octanol–water partition coefficient (Wildman–Crippen LogP) is 2.62. The molecule has 2 aromatic rings. The summed E-state index contributed by atoms with van der Waals surface area (Å²) in [7, 11) is 0. The van der Waals surface area contributed by atoms with E-state index in [1.807, 2.05) is 0 Å². The van der Waals surface area contributed by atoms with Crippen LogP contribution in [0.25, 0.3) is 0 Å². The second kappa shape index (κ2) is 8.23. The number of benzene rings is 1. The Morgan fingerprint density at radius 2 is 1.84 bits per heavy atom. The van der Waals surface area contributed by atoms with E-state index in [1.54, 1.807) is 24.5 Å². The van der Waals surface area contributed by atoms with Gasteiger partial charge in [0.05, 0.1) is 17.8 Å². The molecule has 0 radical (unpaired) electrons. The molecule has 1 amide bonds. The van der Waals surface area contributed by atoms with Gasteiger partial charge in [0.25, 0.3) is 5.91 Å². The van der Waals surface area contributed by atoms with Crippen LogP contribution in [0.15, 0.2) is 48.8 Å². The largest absolute Gasteiger partial charge is 0.373 e. The Balaban J connectivity index is 1.51. The van der Waals surface area contributed by atoms with Crippen LogP contribution in [0.5, 0.6) is 0 Å². The highest BCUT2D eigenvalue weighted by molar-refractivity contribution is 5.93. The Hall–Kier alpha value is -2.24. The molecule has 1 aliphatic heterocycles. The van der Waals surface area contributed by atoms with Gasteiger partial charge in [-0.15, -0.1) is 0 Å². The van der Waals surface area contributed by atoms with E-state index < -0.39 is 0 Å². The lowest BCUT2D eigenvalue weighted by atomic mass is 10.1. The number of aromatic nitrogens is 1. The normalized spacial score (nSPS) is 21.0. The second-order valence-electron chi connectivity index (χ2n) is 6.69. The minimum Gasteiger partial charge on any atom is -0.373 e. The quantitative estimate of drug-likeness (QED) is 0.910. The van der Waals surface area contributed by atoms with Gasteiger partial charge in [0, 0.05) is 38.6 Å². The minimum atomic E-state index is -0.103. The van der Waals surface area contributed by atoms with Gasteiger partial charge < -0.3 is 10.1 Å². The van der Waals surface area contributed by atoms with Gasteiger partial charge in [-0.3, -0.25) is 14.7 Å². The number of amides is 1. The summed E-state index contributed by atoms with van der Waals surface area (Å²) in [4.78, 5) is 18.4. The smallest absolute Gasteiger partial charge is 0.253 e. The lowest BCUT2D eigenvalue weighted by Crippen LogP contribution is -2.44. The standard InChI is InChI=1S/C20H25N3O2/c1-15-12-23(13-16(2)25-15)14-18-7-5-17(6-8-18)10-22-20(24)19-4-3-9-21-11-19/h3-9,11,15-16H,10,12-14H2,1-2H3,(H,22,24). The molecule has 0 saturated carbocycles. The number of carbonyl (C=O) groups is 1. The summed E-state index contributed by atoms with van der Waals surface area (Å²) >= 11 is 0. The summed E-state index contributed by atoms with van der Waals surface area (Å²) in [5.41, 5.74) is 2.95. The van der Waals surface area contributed by atoms with Gasteiger partial charge in [-0.25, -0.2) is 0 Å². The Morgan fingerprint density at radius 3 is 2.48 bits per heavy atom. The number of hydrogen-bond donors (Lipinski definition) is 1. The van der Waals surface area contributed by atoms with Crippen LogP contribution < -0.4 is 5.32 Å². The molecule has 2 heterocycles. The van der Waals surface area contributed by atoms with Gasteiger partial charge in [-0.2, -0.15) is 0 Å². The fraction of sp³-hybridized carbons (Fsp3) is 0.400. The Bertz CT molecular complexity index is 678.